The van der Waals surface area contributed by atoms with E-state index in [4.69, 9.17) is 0 Å². The van der Waals surface area contributed by atoms with Gasteiger partial charge in [-0.1, -0.05) is 26.5 Å². The smallest absolute Gasteiger partial charge is 0.116 e. The molecular formula is C14H16N2S2. The van der Waals surface area contributed by atoms with Gasteiger partial charge in [0.05, 0.1) is 5.69 Å². The summed E-state index contributed by atoms with van der Waals surface area (Å²) in [4.78, 5) is 10.1. The van der Waals surface area contributed by atoms with Gasteiger partial charge in [0.2, 0.25) is 0 Å². The second-order valence-corrected chi connectivity index (χ2v) is 6.28. The minimum atomic E-state index is 0.500. The van der Waals surface area contributed by atoms with E-state index in [-0.39, 0.29) is 0 Å². The fourth-order valence-electron chi connectivity index (χ4n) is 1.43. The van der Waals surface area contributed by atoms with E-state index in [9.17, 15) is 0 Å². The summed E-state index contributed by atoms with van der Waals surface area (Å²) in [5.74, 6) is 0.500. The summed E-state index contributed by atoms with van der Waals surface area (Å²) >= 11 is 3.38. The molecule has 18 heavy (non-hydrogen) atoms. The first-order valence-corrected chi connectivity index (χ1v) is 7.57. The molecule has 0 aliphatic carbocycles. The molecule has 2 rings (SSSR count). The van der Waals surface area contributed by atoms with Crippen LogP contribution in [0.15, 0.2) is 24.2 Å². The molecule has 0 amide bonds. The highest BCUT2D eigenvalue weighted by Crippen LogP contribution is 2.19. The van der Waals surface area contributed by atoms with Crippen LogP contribution >= 0.6 is 22.7 Å². The number of rotatable bonds is 5. The Kier molecular flexibility index (Phi) is 4.44. The topological polar surface area (TPSA) is 25.8 Å². The minimum Gasteiger partial charge on any atom is -0.245 e. The second kappa shape index (κ2) is 6.07. The summed E-state index contributed by atoms with van der Waals surface area (Å²) in [6.07, 6.45) is 8.83. The van der Waals surface area contributed by atoms with Gasteiger partial charge in [0.15, 0.2) is 0 Å². The standard InChI is InChI=1S/C14H16N2S2/c1-4-13-15-8-11(18-13)6-5-7-14-16-12(9-17-14)10(2)3/h4-5,7-10H,1,6H2,2-3H3. The Bertz CT molecular complexity index is 550. The Labute approximate surface area is 116 Å². The number of hydrogen-bond donors (Lipinski definition) is 0. The van der Waals surface area contributed by atoms with Crippen molar-refractivity contribution in [3.8, 4) is 0 Å². The highest BCUT2D eigenvalue weighted by Gasteiger charge is 2.03. The van der Waals surface area contributed by atoms with Crippen LogP contribution in [-0.2, 0) is 6.42 Å². The van der Waals surface area contributed by atoms with Crippen molar-refractivity contribution in [2.75, 3.05) is 0 Å². The lowest BCUT2D eigenvalue weighted by Gasteiger charge is -1.95. The van der Waals surface area contributed by atoms with Crippen LogP contribution in [0.4, 0.5) is 0 Å². The monoisotopic (exact) mass is 276 g/mol. The van der Waals surface area contributed by atoms with Crippen LogP contribution in [0.1, 0.15) is 40.4 Å². The molecule has 0 radical (unpaired) electrons. The third-order valence-electron chi connectivity index (χ3n) is 2.46. The zero-order valence-electron chi connectivity index (χ0n) is 10.6. The molecule has 94 valence electrons. The van der Waals surface area contributed by atoms with Gasteiger partial charge in [0.25, 0.3) is 0 Å². The molecule has 4 heteroatoms. The average Bonchev–Trinajstić information content (AvgIpc) is 2.97. The molecule has 2 aromatic rings. The number of allylic oxidation sites excluding steroid dienone is 1. The Morgan fingerprint density at radius 3 is 2.83 bits per heavy atom. The predicted octanol–water partition coefficient (Wildman–Crippen LogP) is 4.62. The van der Waals surface area contributed by atoms with Gasteiger partial charge >= 0.3 is 0 Å². The van der Waals surface area contributed by atoms with Gasteiger partial charge in [-0.15, -0.1) is 22.7 Å². The number of nitrogens with zero attached hydrogens (tertiary/aromatic N) is 2. The van der Waals surface area contributed by atoms with Crippen LogP contribution in [0.25, 0.3) is 12.2 Å². The lowest BCUT2D eigenvalue weighted by Crippen LogP contribution is -1.86. The summed E-state index contributed by atoms with van der Waals surface area (Å²) in [6.45, 7) is 8.04. The fraction of sp³-hybridized carbons (Fsp3) is 0.286. The molecule has 2 heterocycles. The van der Waals surface area contributed by atoms with Crippen LogP contribution in [0.3, 0.4) is 0 Å². The number of thiazole rings is 2. The van der Waals surface area contributed by atoms with Crippen molar-refractivity contribution >= 4 is 34.8 Å². The zero-order chi connectivity index (χ0) is 13.0. The maximum absolute atomic E-state index is 4.57. The first kappa shape index (κ1) is 13.2. The van der Waals surface area contributed by atoms with E-state index >= 15 is 0 Å². The zero-order valence-corrected chi connectivity index (χ0v) is 12.2. The number of aromatic nitrogens is 2. The fourth-order valence-corrected chi connectivity index (χ4v) is 3.07. The molecule has 0 bridgehead atoms. The third-order valence-corrected chi connectivity index (χ3v) is 4.30. The normalized spacial score (nSPS) is 11.5. The maximum atomic E-state index is 4.57. The molecule has 0 atom stereocenters. The van der Waals surface area contributed by atoms with Crippen molar-refractivity contribution in [1.82, 2.24) is 9.97 Å². The molecule has 0 saturated heterocycles. The predicted molar refractivity (Wildman–Crippen MR) is 81.1 cm³/mol. The molecule has 0 unspecified atom stereocenters. The Balaban J connectivity index is 1.96. The third kappa shape index (κ3) is 3.37. The molecule has 2 nitrogen and oxygen atoms in total. The summed E-state index contributed by atoms with van der Waals surface area (Å²) in [6, 6.07) is 0. The molecule has 0 saturated carbocycles. The molecule has 0 aliphatic rings. The van der Waals surface area contributed by atoms with Crippen LogP contribution in [0, 0.1) is 0 Å². The van der Waals surface area contributed by atoms with Crippen LogP contribution in [-0.4, -0.2) is 9.97 Å². The van der Waals surface area contributed by atoms with E-state index < -0.39 is 0 Å². The molecule has 0 aromatic carbocycles. The van der Waals surface area contributed by atoms with Gasteiger partial charge in [-0.2, -0.15) is 0 Å². The summed E-state index contributed by atoms with van der Waals surface area (Å²) < 4.78 is 0. The van der Waals surface area contributed by atoms with Gasteiger partial charge < -0.3 is 0 Å². The lowest BCUT2D eigenvalue weighted by molar-refractivity contribution is 0.832. The van der Waals surface area contributed by atoms with Gasteiger partial charge in [-0.3, -0.25) is 0 Å². The van der Waals surface area contributed by atoms with Crippen molar-refractivity contribution in [3.63, 3.8) is 0 Å². The highest BCUT2D eigenvalue weighted by atomic mass is 32.1. The van der Waals surface area contributed by atoms with E-state index in [1.54, 1.807) is 28.7 Å². The van der Waals surface area contributed by atoms with E-state index in [0.29, 0.717) is 5.92 Å². The van der Waals surface area contributed by atoms with Gasteiger partial charge in [-0.05, 0) is 18.1 Å². The average molecular weight is 276 g/mol. The van der Waals surface area contributed by atoms with E-state index in [2.05, 4.69) is 47.9 Å². The van der Waals surface area contributed by atoms with E-state index in [0.717, 1.165) is 16.4 Å². The minimum absolute atomic E-state index is 0.500. The van der Waals surface area contributed by atoms with Crippen molar-refractivity contribution in [1.29, 1.82) is 0 Å². The quantitative estimate of drug-likeness (QED) is 0.796. The van der Waals surface area contributed by atoms with Gasteiger partial charge in [-0.25, -0.2) is 9.97 Å². The molecular weight excluding hydrogens is 260 g/mol. The Morgan fingerprint density at radius 2 is 2.22 bits per heavy atom. The Hall–Kier alpha value is -1.26. The maximum Gasteiger partial charge on any atom is 0.116 e. The van der Waals surface area contributed by atoms with E-state index in [1.807, 2.05) is 6.20 Å². The van der Waals surface area contributed by atoms with Crippen molar-refractivity contribution in [2.24, 2.45) is 0 Å². The van der Waals surface area contributed by atoms with Gasteiger partial charge in [0, 0.05) is 22.9 Å². The van der Waals surface area contributed by atoms with E-state index in [1.165, 1.54) is 10.6 Å². The lowest BCUT2D eigenvalue weighted by atomic mass is 10.2. The second-order valence-electron chi connectivity index (χ2n) is 4.24. The Morgan fingerprint density at radius 1 is 1.39 bits per heavy atom. The molecule has 0 N–H and O–H groups in total. The first-order valence-electron chi connectivity index (χ1n) is 5.88. The largest absolute Gasteiger partial charge is 0.245 e. The summed E-state index contributed by atoms with van der Waals surface area (Å²) in [7, 11) is 0. The summed E-state index contributed by atoms with van der Waals surface area (Å²) in [5, 5.41) is 4.19. The molecule has 2 aromatic heterocycles. The molecule has 0 fully saturated rings. The SMILES string of the molecule is C=Cc1ncc(CC=Cc2nc(C(C)C)cs2)s1. The van der Waals surface area contributed by atoms with Crippen LogP contribution in [0.2, 0.25) is 0 Å². The van der Waals surface area contributed by atoms with Crippen molar-refractivity contribution < 1.29 is 0 Å². The van der Waals surface area contributed by atoms with Crippen LogP contribution in [0.5, 0.6) is 0 Å². The summed E-state index contributed by atoms with van der Waals surface area (Å²) in [5.41, 5.74) is 1.17. The van der Waals surface area contributed by atoms with Crippen molar-refractivity contribution in [3.05, 3.63) is 44.8 Å². The van der Waals surface area contributed by atoms with Gasteiger partial charge in [0.1, 0.15) is 10.0 Å². The molecule has 0 spiro atoms. The van der Waals surface area contributed by atoms with Crippen molar-refractivity contribution in [2.45, 2.75) is 26.2 Å². The van der Waals surface area contributed by atoms with Crippen LogP contribution < -0.4 is 0 Å². The molecule has 0 aliphatic heterocycles. The number of hydrogen-bond acceptors (Lipinski definition) is 4. The highest BCUT2D eigenvalue weighted by molar-refractivity contribution is 7.12. The first-order chi connectivity index (χ1) is 8.69.